The van der Waals surface area contributed by atoms with Crippen LogP contribution in [0.25, 0.3) is 0 Å². The van der Waals surface area contributed by atoms with Crippen molar-refractivity contribution in [3.63, 3.8) is 0 Å². The van der Waals surface area contributed by atoms with Gasteiger partial charge < -0.3 is 0 Å². The summed E-state index contributed by atoms with van der Waals surface area (Å²) in [5.41, 5.74) is 1.02. The third kappa shape index (κ3) is 28.8. The zero-order chi connectivity index (χ0) is 18.0. The Morgan fingerprint density at radius 2 is 0.810 bits per heavy atom. The molecule has 0 saturated carbocycles. The highest BCUT2D eigenvalue weighted by atomic mass is 14.2. The maximum atomic E-state index is 2.28. The minimum atomic E-state index is 0.500. The lowest BCUT2D eigenvalue weighted by Gasteiger charge is -2.22. The molecule has 0 unspecified atom stereocenters. The van der Waals surface area contributed by atoms with E-state index in [9.17, 15) is 0 Å². The highest BCUT2D eigenvalue weighted by Crippen LogP contribution is 2.24. The zero-order valence-corrected chi connectivity index (χ0v) is 18.0. The number of hydrogen-bond donors (Lipinski definition) is 0. The van der Waals surface area contributed by atoms with Gasteiger partial charge in [0.05, 0.1) is 0 Å². The third-order valence-electron chi connectivity index (χ3n) is 4.09. The van der Waals surface area contributed by atoms with Crippen LogP contribution in [0, 0.1) is 34.5 Å². The van der Waals surface area contributed by atoms with Gasteiger partial charge >= 0.3 is 0 Å². The van der Waals surface area contributed by atoms with Crippen molar-refractivity contribution in [2.24, 2.45) is 34.5 Å². The van der Waals surface area contributed by atoms with E-state index in [1.807, 2.05) is 0 Å². The van der Waals surface area contributed by atoms with E-state index in [4.69, 9.17) is 0 Å². The second kappa shape index (κ2) is 11.6. The number of hydrogen-bond acceptors (Lipinski definition) is 0. The molecule has 132 valence electrons. The fraction of sp³-hybridized carbons (Fsp3) is 1.00. The van der Waals surface area contributed by atoms with Gasteiger partial charge in [0.25, 0.3) is 0 Å². The molecule has 0 radical (unpaired) electrons. The van der Waals surface area contributed by atoms with Crippen LogP contribution < -0.4 is 0 Å². The molecule has 0 aliphatic heterocycles. The van der Waals surface area contributed by atoms with Crippen molar-refractivity contribution in [1.82, 2.24) is 0 Å². The number of rotatable bonds is 2. The summed E-state index contributed by atoms with van der Waals surface area (Å²) in [5, 5.41) is 0. The highest BCUT2D eigenvalue weighted by molar-refractivity contribution is 4.64. The quantitative estimate of drug-likeness (QED) is 0.483. The van der Waals surface area contributed by atoms with E-state index >= 15 is 0 Å². The van der Waals surface area contributed by atoms with Gasteiger partial charge in [-0.1, -0.05) is 96.9 Å². The van der Waals surface area contributed by atoms with Crippen LogP contribution in [-0.4, -0.2) is 0 Å². The van der Waals surface area contributed by atoms with Gasteiger partial charge in [0.15, 0.2) is 0 Å². The molecule has 0 heterocycles. The Kier molecular flexibility index (Phi) is 14.3. The molecule has 0 saturated heterocycles. The van der Waals surface area contributed by atoms with E-state index in [1.54, 1.807) is 0 Å². The van der Waals surface area contributed by atoms with Crippen LogP contribution >= 0.6 is 0 Å². The fourth-order valence-corrected chi connectivity index (χ4v) is 1.22. The molecule has 0 fully saturated rings. The van der Waals surface area contributed by atoms with E-state index in [1.165, 1.54) is 6.42 Å². The van der Waals surface area contributed by atoms with Crippen LogP contribution in [0.3, 0.4) is 0 Å². The largest absolute Gasteiger partial charge is 0.0628 e. The van der Waals surface area contributed by atoms with Gasteiger partial charge in [-0.2, -0.15) is 0 Å². The van der Waals surface area contributed by atoms with Gasteiger partial charge in [0, 0.05) is 0 Å². The molecule has 0 N–H and O–H groups in total. The molecule has 0 aliphatic carbocycles. The first-order chi connectivity index (χ1) is 9.00. The summed E-state index contributed by atoms with van der Waals surface area (Å²) in [6.45, 7) is 31.6. The summed E-state index contributed by atoms with van der Waals surface area (Å²) in [4.78, 5) is 0. The SMILES string of the molecule is CC(C)C(C)(C)C.CC(C)C(C)C.CC(C)CC(C)(C)C. The second-order valence-electron chi connectivity index (χ2n) is 10.2. The summed E-state index contributed by atoms with van der Waals surface area (Å²) in [5.74, 6) is 3.34. The van der Waals surface area contributed by atoms with Crippen molar-refractivity contribution in [1.29, 1.82) is 0 Å². The van der Waals surface area contributed by atoms with Crippen molar-refractivity contribution in [2.75, 3.05) is 0 Å². The Hall–Kier alpha value is 0. The van der Waals surface area contributed by atoms with Crippen LogP contribution in [-0.2, 0) is 0 Å². The first kappa shape index (κ1) is 25.9. The summed E-state index contributed by atoms with van der Waals surface area (Å²) in [6.07, 6.45) is 1.33. The van der Waals surface area contributed by atoms with E-state index in [2.05, 4.69) is 96.9 Å². The molecule has 0 bridgehead atoms. The molecule has 0 aromatic carbocycles. The molecule has 0 heteroatoms. The first-order valence-electron chi connectivity index (χ1n) is 9.00. The van der Waals surface area contributed by atoms with Crippen LogP contribution in [0.5, 0.6) is 0 Å². The van der Waals surface area contributed by atoms with Crippen LogP contribution in [0.2, 0.25) is 0 Å². The topological polar surface area (TPSA) is 0 Å². The summed E-state index contributed by atoms with van der Waals surface area (Å²) < 4.78 is 0. The molecule has 0 aromatic rings. The predicted molar refractivity (Wildman–Crippen MR) is 103 cm³/mol. The molecule has 0 nitrogen and oxygen atoms in total. The van der Waals surface area contributed by atoms with Crippen molar-refractivity contribution in [3.8, 4) is 0 Å². The van der Waals surface area contributed by atoms with E-state index in [0.29, 0.717) is 10.8 Å². The molecule has 0 spiro atoms. The Balaban J connectivity index is -0.000000234. The molecule has 0 rings (SSSR count). The smallest absolute Gasteiger partial charge is 0.0360 e. The first-order valence-corrected chi connectivity index (χ1v) is 9.00. The van der Waals surface area contributed by atoms with Gasteiger partial charge in [-0.25, -0.2) is 0 Å². The molecule has 0 aliphatic rings. The fourth-order valence-electron chi connectivity index (χ4n) is 1.22. The van der Waals surface area contributed by atoms with Crippen LogP contribution in [0.1, 0.15) is 103 Å². The lowest BCUT2D eigenvalue weighted by atomic mass is 9.84. The summed E-state index contributed by atoms with van der Waals surface area (Å²) in [6, 6.07) is 0. The third-order valence-corrected chi connectivity index (χ3v) is 4.09. The Morgan fingerprint density at radius 1 is 0.571 bits per heavy atom. The van der Waals surface area contributed by atoms with E-state index in [-0.39, 0.29) is 0 Å². The second-order valence-corrected chi connectivity index (χ2v) is 10.2. The van der Waals surface area contributed by atoms with Gasteiger partial charge in [0.1, 0.15) is 0 Å². The van der Waals surface area contributed by atoms with E-state index < -0.39 is 0 Å². The zero-order valence-electron chi connectivity index (χ0n) is 18.0. The van der Waals surface area contributed by atoms with E-state index in [0.717, 1.165) is 23.7 Å². The summed E-state index contributed by atoms with van der Waals surface area (Å²) >= 11 is 0. The standard InChI is InChI=1S/C8H18.C7H16.C6H14/c1-7(2)6-8(3,4)5;1-6(2)7(3,4)5;1-5(2)6(3)4/h7H,6H2,1-5H3;6H,1-5H3;5-6H,1-4H3. The van der Waals surface area contributed by atoms with Gasteiger partial charge in [0.2, 0.25) is 0 Å². The van der Waals surface area contributed by atoms with Gasteiger partial charge in [-0.15, -0.1) is 0 Å². The molecule has 21 heavy (non-hydrogen) atoms. The van der Waals surface area contributed by atoms with Gasteiger partial charge in [-0.3, -0.25) is 0 Å². The van der Waals surface area contributed by atoms with Crippen molar-refractivity contribution in [2.45, 2.75) is 103 Å². The maximum absolute atomic E-state index is 2.28. The average molecular weight is 301 g/mol. The van der Waals surface area contributed by atoms with Crippen molar-refractivity contribution < 1.29 is 0 Å². The minimum Gasteiger partial charge on any atom is -0.0628 e. The molecule has 0 amide bonds. The predicted octanol–water partition coefficient (Wildman–Crippen LogP) is 8.07. The van der Waals surface area contributed by atoms with Crippen molar-refractivity contribution >= 4 is 0 Å². The Morgan fingerprint density at radius 3 is 0.810 bits per heavy atom. The molecular formula is C21H48. The highest BCUT2D eigenvalue weighted by Gasteiger charge is 2.13. The van der Waals surface area contributed by atoms with Crippen molar-refractivity contribution in [3.05, 3.63) is 0 Å². The lowest BCUT2D eigenvalue weighted by molar-refractivity contribution is 0.283. The van der Waals surface area contributed by atoms with Crippen LogP contribution in [0.15, 0.2) is 0 Å². The minimum absolute atomic E-state index is 0.500. The Labute approximate surface area is 138 Å². The average Bonchev–Trinajstić information content (AvgIpc) is 2.12. The normalized spacial score (nSPS) is 12.3. The monoisotopic (exact) mass is 300 g/mol. The maximum Gasteiger partial charge on any atom is -0.0360 e. The Bertz CT molecular complexity index is 199. The summed E-state index contributed by atoms with van der Waals surface area (Å²) in [7, 11) is 0. The van der Waals surface area contributed by atoms with Crippen LogP contribution in [0.4, 0.5) is 0 Å². The molecule has 0 aromatic heterocycles. The molecular weight excluding hydrogens is 252 g/mol. The molecule has 0 atom stereocenters. The van der Waals surface area contributed by atoms with Gasteiger partial charge in [-0.05, 0) is 40.9 Å². The lowest BCUT2D eigenvalue weighted by Crippen LogP contribution is -2.12.